The standard InChI is InChI=1S/C17H17N/c1-2-6-15(17(10-11-17)13-8-9-13)14(5-1)16-7-3-4-12-18-16/h1-7,12-13H,8-11H2. The van der Waals surface area contributed by atoms with Crippen molar-refractivity contribution in [1.82, 2.24) is 4.98 Å². The summed E-state index contributed by atoms with van der Waals surface area (Å²) in [6.07, 6.45) is 7.50. The molecule has 2 aromatic rings. The lowest BCUT2D eigenvalue weighted by atomic mass is 9.86. The van der Waals surface area contributed by atoms with Gasteiger partial charge in [0.05, 0.1) is 5.69 Å². The zero-order valence-corrected chi connectivity index (χ0v) is 10.5. The fourth-order valence-electron chi connectivity index (χ4n) is 3.33. The Hall–Kier alpha value is -1.63. The predicted molar refractivity (Wildman–Crippen MR) is 73.3 cm³/mol. The molecule has 4 rings (SSSR count). The van der Waals surface area contributed by atoms with Crippen molar-refractivity contribution in [2.75, 3.05) is 0 Å². The van der Waals surface area contributed by atoms with E-state index in [1.807, 2.05) is 12.3 Å². The molecule has 0 saturated heterocycles. The van der Waals surface area contributed by atoms with Crippen molar-refractivity contribution < 1.29 is 0 Å². The SMILES string of the molecule is c1ccc(-c2ccccc2C2(C3CC3)CC2)nc1. The number of benzene rings is 1. The predicted octanol–water partition coefficient (Wildman–Crippen LogP) is 4.19. The van der Waals surface area contributed by atoms with Crippen LogP contribution in [-0.4, -0.2) is 4.98 Å². The summed E-state index contributed by atoms with van der Waals surface area (Å²) in [6, 6.07) is 15.1. The van der Waals surface area contributed by atoms with Crippen LogP contribution in [0.15, 0.2) is 48.7 Å². The second-order valence-electron chi connectivity index (χ2n) is 5.69. The van der Waals surface area contributed by atoms with Crippen LogP contribution < -0.4 is 0 Å². The van der Waals surface area contributed by atoms with Gasteiger partial charge in [-0.3, -0.25) is 4.98 Å². The minimum absolute atomic E-state index is 0.508. The smallest absolute Gasteiger partial charge is 0.0704 e. The van der Waals surface area contributed by atoms with Crippen molar-refractivity contribution in [3.8, 4) is 11.3 Å². The average Bonchev–Trinajstić information content (AvgIpc) is 3.31. The Morgan fingerprint density at radius 1 is 0.944 bits per heavy atom. The summed E-state index contributed by atoms with van der Waals surface area (Å²) in [4.78, 5) is 4.53. The maximum atomic E-state index is 4.53. The van der Waals surface area contributed by atoms with Crippen molar-refractivity contribution >= 4 is 0 Å². The van der Waals surface area contributed by atoms with Gasteiger partial charge in [-0.25, -0.2) is 0 Å². The van der Waals surface area contributed by atoms with Gasteiger partial charge in [-0.05, 0) is 54.7 Å². The van der Waals surface area contributed by atoms with E-state index in [0.29, 0.717) is 5.41 Å². The van der Waals surface area contributed by atoms with Crippen molar-refractivity contribution in [2.45, 2.75) is 31.1 Å². The molecule has 2 aliphatic rings. The summed E-state index contributed by atoms with van der Waals surface area (Å²) < 4.78 is 0. The Bertz CT molecular complexity index is 565. The number of pyridine rings is 1. The zero-order chi connectivity index (χ0) is 12.0. The molecule has 0 amide bonds. The Labute approximate surface area is 108 Å². The van der Waals surface area contributed by atoms with Crippen LogP contribution in [0.1, 0.15) is 31.2 Å². The first-order chi connectivity index (χ1) is 8.90. The second-order valence-corrected chi connectivity index (χ2v) is 5.69. The van der Waals surface area contributed by atoms with Gasteiger partial charge in [0.25, 0.3) is 0 Å². The molecule has 1 heterocycles. The van der Waals surface area contributed by atoms with Crippen LogP contribution in [0.3, 0.4) is 0 Å². The van der Waals surface area contributed by atoms with Crippen LogP contribution in [0, 0.1) is 5.92 Å². The van der Waals surface area contributed by atoms with Crippen LogP contribution in [0.2, 0.25) is 0 Å². The summed E-state index contributed by atoms with van der Waals surface area (Å²) in [5, 5.41) is 0. The molecule has 18 heavy (non-hydrogen) atoms. The van der Waals surface area contributed by atoms with Gasteiger partial charge >= 0.3 is 0 Å². The van der Waals surface area contributed by atoms with Crippen molar-refractivity contribution in [3.05, 3.63) is 54.2 Å². The first-order valence-corrected chi connectivity index (χ1v) is 6.91. The first-order valence-electron chi connectivity index (χ1n) is 6.91. The molecule has 1 aromatic carbocycles. The van der Waals surface area contributed by atoms with Crippen molar-refractivity contribution in [1.29, 1.82) is 0 Å². The van der Waals surface area contributed by atoms with E-state index in [1.54, 1.807) is 5.56 Å². The highest BCUT2D eigenvalue weighted by molar-refractivity contribution is 5.66. The van der Waals surface area contributed by atoms with Gasteiger partial charge in [0.1, 0.15) is 0 Å². The molecule has 2 saturated carbocycles. The van der Waals surface area contributed by atoms with Crippen LogP contribution in [0.25, 0.3) is 11.3 Å². The first kappa shape index (κ1) is 10.3. The van der Waals surface area contributed by atoms with Gasteiger partial charge in [0.15, 0.2) is 0 Å². The molecular formula is C17H17N. The highest BCUT2D eigenvalue weighted by atomic mass is 14.7. The molecule has 1 heteroatoms. The van der Waals surface area contributed by atoms with Gasteiger partial charge in [0, 0.05) is 11.8 Å². The van der Waals surface area contributed by atoms with Gasteiger partial charge in [0.2, 0.25) is 0 Å². The Balaban J connectivity index is 1.85. The zero-order valence-electron chi connectivity index (χ0n) is 10.5. The molecule has 2 fully saturated rings. The Morgan fingerprint density at radius 3 is 2.39 bits per heavy atom. The molecule has 1 aromatic heterocycles. The number of hydrogen-bond donors (Lipinski definition) is 0. The fourth-order valence-corrected chi connectivity index (χ4v) is 3.33. The van der Waals surface area contributed by atoms with Gasteiger partial charge in [-0.2, -0.15) is 0 Å². The van der Waals surface area contributed by atoms with Crippen molar-refractivity contribution in [3.63, 3.8) is 0 Å². The molecule has 0 aliphatic heterocycles. The highest BCUT2D eigenvalue weighted by Gasteiger charge is 2.55. The molecule has 0 spiro atoms. The summed E-state index contributed by atoms with van der Waals surface area (Å²) in [5.74, 6) is 0.947. The summed E-state index contributed by atoms with van der Waals surface area (Å²) >= 11 is 0. The van der Waals surface area contributed by atoms with Crippen LogP contribution in [0.5, 0.6) is 0 Å². The normalized spacial score (nSPS) is 20.7. The third-order valence-corrected chi connectivity index (χ3v) is 4.55. The monoisotopic (exact) mass is 235 g/mol. The molecule has 0 bridgehead atoms. The topological polar surface area (TPSA) is 12.9 Å². The summed E-state index contributed by atoms with van der Waals surface area (Å²) in [5.41, 5.74) is 4.53. The van der Waals surface area contributed by atoms with E-state index >= 15 is 0 Å². The van der Waals surface area contributed by atoms with Crippen LogP contribution in [-0.2, 0) is 5.41 Å². The van der Waals surface area contributed by atoms with E-state index in [9.17, 15) is 0 Å². The molecule has 90 valence electrons. The minimum Gasteiger partial charge on any atom is -0.256 e. The summed E-state index contributed by atoms with van der Waals surface area (Å²) in [6.45, 7) is 0. The number of rotatable bonds is 3. The molecule has 0 unspecified atom stereocenters. The van der Waals surface area contributed by atoms with E-state index < -0.39 is 0 Å². The molecule has 0 radical (unpaired) electrons. The molecule has 0 N–H and O–H groups in total. The largest absolute Gasteiger partial charge is 0.256 e. The van der Waals surface area contributed by atoms with Crippen LogP contribution >= 0.6 is 0 Å². The van der Waals surface area contributed by atoms with E-state index in [-0.39, 0.29) is 0 Å². The van der Waals surface area contributed by atoms with Gasteiger partial charge in [-0.1, -0.05) is 30.3 Å². The van der Waals surface area contributed by atoms with E-state index in [1.165, 1.54) is 31.2 Å². The quantitative estimate of drug-likeness (QED) is 0.777. The fraction of sp³-hybridized carbons (Fsp3) is 0.353. The van der Waals surface area contributed by atoms with Gasteiger partial charge in [-0.15, -0.1) is 0 Å². The minimum atomic E-state index is 0.508. The lowest BCUT2D eigenvalue weighted by Gasteiger charge is -2.18. The maximum absolute atomic E-state index is 4.53. The Morgan fingerprint density at radius 2 is 1.72 bits per heavy atom. The third kappa shape index (κ3) is 1.50. The van der Waals surface area contributed by atoms with Gasteiger partial charge < -0.3 is 0 Å². The molecule has 1 nitrogen and oxygen atoms in total. The van der Waals surface area contributed by atoms with E-state index in [0.717, 1.165) is 11.6 Å². The lowest BCUT2D eigenvalue weighted by Crippen LogP contribution is -2.10. The van der Waals surface area contributed by atoms with E-state index in [2.05, 4.69) is 41.4 Å². The maximum Gasteiger partial charge on any atom is 0.0704 e. The molecule has 0 atom stereocenters. The van der Waals surface area contributed by atoms with Crippen molar-refractivity contribution in [2.24, 2.45) is 5.92 Å². The van der Waals surface area contributed by atoms with Crippen LogP contribution in [0.4, 0.5) is 0 Å². The Kier molecular flexibility index (Phi) is 2.11. The average molecular weight is 235 g/mol. The highest BCUT2D eigenvalue weighted by Crippen LogP contribution is 2.63. The number of nitrogens with zero attached hydrogens (tertiary/aromatic N) is 1. The number of hydrogen-bond acceptors (Lipinski definition) is 1. The molecule has 2 aliphatic carbocycles. The lowest BCUT2D eigenvalue weighted by molar-refractivity contribution is 0.598. The number of aromatic nitrogens is 1. The third-order valence-electron chi connectivity index (χ3n) is 4.55. The van der Waals surface area contributed by atoms with E-state index in [4.69, 9.17) is 0 Å². The summed E-state index contributed by atoms with van der Waals surface area (Å²) in [7, 11) is 0. The molecular weight excluding hydrogens is 218 g/mol. The second kappa shape index (κ2) is 3.68.